The Kier molecular flexibility index (Phi) is 4.74. The van der Waals surface area contributed by atoms with Crippen LogP contribution in [0, 0.1) is 0 Å². The lowest BCUT2D eigenvalue weighted by atomic mass is 9.85. The average molecular weight is 216 g/mol. The van der Waals surface area contributed by atoms with Crippen LogP contribution in [0.2, 0.25) is 0 Å². The molecule has 90 valence electrons. The van der Waals surface area contributed by atoms with E-state index in [1.165, 1.54) is 0 Å². The summed E-state index contributed by atoms with van der Waals surface area (Å²) >= 11 is 0. The summed E-state index contributed by atoms with van der Waals surface area (Å²) in [5, 5.41) is 12.6. The highest BCUT2D eigenvalue weighted by atomic mass is 16.3. The van der Waals surface area contributed by atoms with Crippen LogP contribution in [0.15, 0.2) is 0 Å². The molecule has 0 unspecified atom stereocenters. The molecule has 4 N–H and O–H groups in total. The molecule has 0 radical (unpaired) electrons. The fourth-order valence-electron chi connectivity index (χ4n) is 0.996. The summed E-state index contributed by atoms with van der Waals surface area (Å²) in [5.41, 5.74) is 4.02. The molecule has 0 aromatic rings. The predicted octanol–water partition coefficient (Wildman–Crippen LogP) is 0.779. The molecule has 0 rings (SSSR count). The average Bonchev–Trinajstić information content (AvgIpc) is 2.01. The summed E-state index contributed by atoms with van der Waals surface area (Å²) in [7, 11) is 0. The third kappa shape index (κ3) is 4.18. The first-order valence-corrected chi connectivity index (χ1v) is 5.42. The summed E-state index contributed by atoms with van der Waals surface area (Å²) in [6, 6.07) is -0.489. The second kappa shape index (κ2) is 4.94. The summed E-state index contributed by atoms with van der Waals surface area (Å²) in [4.78, 5) is 11.6. The Morgan fingerprint density at radius 3 is 2.20 bits per heavy atom. The van der Waals surface area contributed by atoms with Crippen LogP contribution in [-0.2, 0) is 4.79 Å². The molecule has 0 saturated carbocycles. The molecule has 1 amide bonds. The fourth-order valence-corrected chi connectivity index (χ4v) is 0.996. The Balaban J connectivity index is 4.41. The van der Waals surface area contributed by atoms with E-state index in [1.54, 1.807) is 27.7 Å². The second-order valence-electron chi connectivity index (χ2n) is 5.07. The zero-order chi connectivity index (χ0) is 12.3. The van der Waals surface area contributed by atoms with Gasteiger partial charge in [0.25, 0.3) is 0 Å². The standard InChI is InChI=1S/C11H24N2O2/c1-6-7-8(12)9(14)13-10(2,3)11(4,5)15/h8,15H,6-7,12H2,1-5H3,(H,13,14)/t8-/m0/s1. The van der Waals surface area contributed by atoms with E-state index in [0.717, 1.165) is 6.42 Å². The van der Waals surface area contributed by atoms with Crippen molar-refractivity contribution in [1.29, 1.82) is 0 Å². The zero-order valence-electron chi connectivity index (χ0n) is 10.4. The van der Waals surface area contributed by atoms with Crippen LogP contribution in [0.3, 0.4) is 0 Å². The highest BCUT2D eigenvalue weighted by Crippen LogP contribution is 2.20. The molecule has 0 aromatic heterocycles. The van der Waals surface area contributed by atoms with Gasteiger partial charge < -0.3 is 16.2 Å². The maximum absolute atomic E-state index is 11.6. The van der Waals surface area contributed by atoms with Gasteiger partial charge in [0.1, 0.15) is 0 Å². The fraction of sp³-hybridized carbons (Fsp3) is 0.909. The van der Waals surface area contributed by atoms with Crippen LogP contribution in [0.5, 0.6) is 0 Å². The van der Waals surface area contributed by atoms with Crippen LogP contribution < -0.4 is 11.1 Å². The SMILES string of the molecule is CCC[C@H](N)C(=O)NC(C)(C)C(C)(C)O. The lowest BCUT2D eigenvalue weighted by Crippen LogP contribution is -2.60. The maximum Gasteiger partial charge on any atom is 0.237 e. The van der Waals surface area contributed by atoms with Crippen molar-refractivity contribution in [2.45, 2.75) is 64.6 Å². The molecule has 0 aromatic carbocycles. The van der Waals surface area contributed by atoms with E-state index in [-0.39, 0.29) is 5.91 Å². The minimum atomic E-state index is -0.978. The van der Waals surface area contributed by atoms with Gasteiger partial charge in [-0.05, 0) is 34.1 Å². The highest BCUT2D eigenvalue weighted by Gasteiger charge is 2.37. The Morgan fingerprint density at radius 1 is 1.40 bits per heavy atom. The van der Waals surface area contributed by atoms with Crippen LogP contribution in [0.25, 0.3) is 0 Å². The van der Waals surface area contributed by atoms with Gasteiger partial charge in [0, 0.05) is 0 Å². The van der Waals surface area contributed by atoms with E-state index in [1.807, 2.05) is 6.92 Å². The molecule has 0 aliphatic heterocycles. The van der Waals surface area contributed by atoms with Gasteiger partial charge >= 0.3 is 0 Å². The molecular weight excluding hydrogens is 192 g/mol. The Morgan fingerprint density at radius 2 is 1.87 bits per heavy atom. The molecule has 4 nitrogen and oxygen atoms in total. The van der Waals surface area contributed by atoms with E-state index in [4.69, 9.17) is 5.73 Å². The zero-order valence-corrected chi connectivity index (χ0v) is 10.4. The van der Waals surface area contributed by atoms with E-state index in [9.17, 15) is 9.90 Å². The topological polar surface area (TPSA) is 75.4 Å². The van der Waals surface area contributed by atoms with Crippen molar-refractivity contribution in [2.75, 3.05) is 0 Å². The lowest BCUT2D eigenvalue weighted by molar-refractivity contribution is -0.127. The van der Waals surface area contributed by atoms with Gasteiger partial charge in [-0.2, -0.15) is 0 Å². The number of hydrogen-bond acceptors (Lipinski definition) is 3. The smallest absolute Gasteiger partial charge is 0.237 e. The monoisotopic (exact) mass is 216 g/mol. The van der Waals surface area contributed by atoms with E-state index >= 15 is 0 Å². The van der Waals surface area contributed by atoms with Gasteiger partial charge in [-0.15, -0.1) is 0 Å². The molecule has 0 fully saturated rings. The predicted molar refractivity (Wildman–Crippen MR) is 61.4 cm³/mol. The molecule has 0 spiro atoms. The van der Waals surface area contributed by atoms with Gasteiger partial charge in [-0.25, -0.2) is 0 Å². The van der Waals surface area contributed by atoms with Crippen molar-refractivity contribution < 1.29 is 9.90 Å². The normalized spacial score (nSPS) is 14.9. The summed E-state index contributed by atoms with van der Waals surface area (Å²) in [5.74, 6) is -0.205. The van der Waals surface area contributed by atoms with Crippen molar-refractivity contribution in [3.8, 4) is 0 Å². The van der Waals surface area contributed by atoms with Crippen LogP contribution in [-0.4, -0.2) is 28.2 Å². The number of hydrogen-bond donors (Lipinski definition) is 3. The first-order valence-electron chi connectivity index (χ1n) is 5.42. The molecule has 4 heteroatoms. The first kappa shape index (κ1) is 14.4. The number of carbonyl (C=O) groups excluding carboxylic acids is 1. The summed E-state index contributed by atoms with van der Waals surface area (Å²) in [6.45, 7) is 8.87. The Labute approximate surface area is 92.2 Å². The highest BCUT2D eigenvalue weighted by molar-refractivity contribution is 5.82. The van der Waals surface area contributed by atoms with Gasteiger partial charge in [0.2, 0.25) is 5.91 Å². The summed E-state index contributed by atoms with van der Waals surface area (Å²) < 4.78 is 0. The van der Waals surface area contributed by atoms with Gasteiger partial charge in [-0.1, -0.05) is 13.3 Å². The number of nitrogens with one attached hydrogen (secondary N) is 1. The van der Waals surface area contributed by atoms with Crippen molar-refractivity contribution in [3.63, 3.8) is 0 Å². The molecule has 0 aliphatic rings. The molecule has 0 aliphatic carbocycles. The number of aliphatic hydroxyl groups is 1. The largest absolute Gasteiger partial charge is 0.388 e. The van der Waals surface area contributed by atoms with Crippen LogP contribution in [0.4, 0.5) is 0 Å². The third-order valence-electron chi connectivity index (χ3n) is 2.90. The lowest BCUT2D eigenvalue weighted by Gasteiger charge is -2.38. The van der Waals surface area contributed by atoms with Crippen molar-refractivity contribution in [2.24, 2.45) is 5.73 Å². The minimum Gasteiger partial charge on any atom is -0.388 e. The van der Waals surface area contributed by atoms with Crippen LogP contribution >= 0.6 is 0 Å². The Hall–Kier alpha value is -0.610. The molecule has 0 heterocycles. The molecule has 0 bridgehead atoms. The van der Waals surface area contributed by atoms with E-state index in [0.29, 0.717) is 6.42 Å². The molecule has 15 heavy (non-hydrogen) atoms. The van der Waals surface area contributed by atoms with Crippen molar-refractivity contribution >= 4 is 5.91 Å². The quantitative estimate of drug-likeness (QED) is 0.635. The van der Waals surface area contributed by atoms with Crippen molar-refractivity contribution in [1.82, 2.24) is 5.32 Å². The minimum absolute atomic E-state index is 0.205. The second-order valence-corrected chi connectivity index (χ2v) is 5.07. The number of carbonyl (C=O) groups is 1. The molecule has 0 saturated heterocycles. The number of amides is 1. The van der Waals surface area contributed by atoms with Gasteiger partial charge in [-0.3, -0.25) is 4.79 Å². The van der Waals surface area contributed by atoms with Crippen molar-refractivity contribution in [3.05, 3.63) is 0 Å². The van der Waals surface area contributed by atoms with Gasteiger partial charge in [0.05, 0.1) is 17.2 Å². The molecular formula is C11H24N2O2. The third-order valence-corrected chi connectivity index (χ3v) is 2.90. The van der Waals surface area contributed by atoms with Gasteiger partial charge in [0.15, 0.2) is 0 Å². The van der Waals surface area contributed by atoms with E-state index < -0.39 is 17.2 Å². The van der Waals surface area contributed by atoms with E-state index in [2.05, 4.69) is 5.32 Å². The maximum atomic E-state index is 11.6. The molecule has 1 atom stereocenters. The number of nitrogens with two attached hydrogens (primary N) is 1. The summed E-state index contributed by atoms with van der Waals surface area (Å²) in [6.07, 6.45) is 1.53. The van der Waals surface area contributed by atoms with Crippen LogP contribution in [0.1, 0.15) is 47.5 Å². The number of rotatable bonds is 5. The Bertz CT molecular complexity index is 219. The first-order chi connectivity index (χ1) is 6.62.